The molecule has 2 heterocycles. The molecule has 1 atom stereocenters. The fraction of sp³-hybridized carbons (Fsp3) is 0.0714. The van der Waals surface area contributed by atoms with Crippen molar-refractivity contribution in [2.24, 2.45) is 7.05 Å². The molecule has 0 spiro atoms. The fourth-order valence-corrected chi connectivity index (χ4v) is 2.91. The van der Waals surface area contributed by atoms with Crippen molar-refractivity contribution in [3.05, 3.63) is 55.0 Å². The van der Waals surface area contributed by atoms with Gasteiger partial charge in [-0.05, 0) is 24.3 Å². The minimum absolute atomic E-state index is 0.511. The zero-order valence-electron chi connectivity index (χ0n) is 10.8. The van der Waals surface area contributed by atoms with Gasteiger partial charge in [-0.1, -0.05) is 18.2 Å². The summed E-state index contributed by atoms with van der Waals surface area (Å²) in [7, 11) is 0.522. The average molecular weight is 284 g/mol. The number of nitrogens with zero attached hydrogens (tertiary/aromatic N) is 4. The number of benzene rings is 1. The molecule has 0 radical (unpaired) electrons. The monoisotopic (exact) mass is 284 g/mol. The van der Waals surface area contributed by atoms with E-state index in [1.54, 1.807) is 16.9 Å². The largest absolute Gasteiger partial charge is 0.249 e. The summed E-state index contributed by atoms with van der Waals surface area (Å²) in [6.45, 7) is 0. The molecule has 0 saturated carbocycles. The second-order valence-electron chi connectivity index (χ2n) is 4.17. The van der Waals surface area contributed by atoms with Crippen molar-refractivity contribution < 1.29 is 4.21 Å². The second-order valence-corrected chi connectivity index (χ2v) is 5.60. The molecule has 0 fully saturated rings. The van der Waals surface area contributed by atoms with E-state index < -0.39 is 10.8 Å². The topological polar surface area (TPSA) is 60.7 Å². The van der Waals surface area contributed by atoms with Crippen LogP contribution >= 0.6 is 0 Å². The van der Waals surface area contributed by atoms with E-state index in [0.717, 1.165) is 16.3 Å². The summed E-state index contributed by atoms with van der Waals surface area (Å²) in [4.78, 5) is 9.11. The van der Waals surface area contributed by atoms with Crippen LogP contribution in [0.15, 0.2) is 64.9 Å². The zero-order valence-corrected chi connectivity index (χ0v) is 11.6. The third kappa shape index (κ3) is 2.37. The number of aryl methyl sites for hydroxylation is 1. The molecule has 5 nitrogen and oxygen atoms in total. The quantitative estimate of drug-likeness (QED) is 0.738. The molecule has 3 rings (SSSR count). The second kappa shape index (κ2) is 5.34. The summed E-state index contributed by atoms with van der Waals surface area (Å²) in [5.41, 5.74) is 0.847. The van der Waals surface area contributed by atoms with Crippen molar-refractivity contribution in [2.45, 2.75) is 9.92 Å². The first-order chi connectivity index (χ1) is 9.75. The van der Waals surface area contributed by atoms with E-state index in [4.69, 9.17) is 0 Å². The van der Waals surface area contributed by atoms with Crippen LogP contribution < -0.4 is 0 Å². The molecule has 100 valence electrons. The van der Waals surface area contributed by atoms with Gasteiger partial charge in [0.15, 0.2) is 5.82 Å². The number of rotatable bonds is 3. The molecule has 0 bridgehead atoms. The Bertz CT molecular complexity index is 755. The van der Waals surface area contributed by atoms with Gasteiger partial charge in [0.05, 0.1) is 0 Å². The van der Waals surface area contributed by atoms with Crippen LogP contribution in [0.5, 0.6) is 0 Å². The Morgan fingerprint density at radius 2 is 1.90 bits per heavy atom. The van der Waals surface area contributed by atoms with E-state index in [9.17, 15) is 4.21 Å². The van der Waals surface area contributed by atoms with Gasteiger partial charge in [0, 0.05) is 23.7 Å². The fourth-order valence-electron chi connectivity index (χ4n) is 1.87. The maximum Gasteiger partial charge on any atom is 0.157 e. The molecule has 3 aromatic rings. The summed E-state index contributed by atoms with van der Waals surface area (Å²) < 4.78 is 14.1. The Balaban J connectivity index is 2.00. The van der Waals surface area contributed by atoms with Crippen LogP contribution in [0, 0.1) is 0 Å². The minimum Gasteiger partial charge on any atom is -0.249 e. The molecule has 0 amide bonds. The lowest BCUT2D eigenvalue weighted by atomic mass is 10.2. The van der Waals surface area contributed by atoms with Crippen molar-refractivity contribution in [2.75, 3.05) is 0 Å². The summed E-state index contributed by atoms with van der Waals surface area (Å²) >= 11 is 0. The predicted molar refractivity (Wildman–Crippen MR) is 75.4 cm³/mol. The SMILES string of the molecule is Cn1ncnc1-c1ccnc(S(=O)c2ccccc2)c1. The van der Waals surface area contributed by atoms with Gasteiger partial charge in [0.2, 0.25) is 0 Å². The molecule has 2 aromatic heterocycles. The van der Waals surface area contributed by atoms with Crippen molar-refractivity contribution in [1.29, 1.82) is 0 Å². The van der Waals surface area contributed by atoms with Crippen LogP contribution in [0.1, 0.15) is 0 Å². The maximum absolute atomic E-state index is 12.5. The first-order valence-corrected chi connectivity index (χ1v) is 7.18. The van der Waals surface area contributed by atoms with Crippen molar-refractivity contribution in [3.63, 3.8) is 0 Å². The molecule has 20 heavy (non-hydrogen) atoms. The van der Waals surface area contributed by atoms with Gasteiger partial charge >= 0.3 is 0 Å². The molecule has 0 saturated heterocycles. The average Bonchev–Trinajstić information content (AvgIpc) is 2.94. The summed E-state index contributed by atoms with van der Waals surface area (Å²) in [6, 6.07) is 12.9. The lowest BCUT2D eigenvalue weighted by Gasteiger charge is -2.04. The maximum atomic E-state index is 12.5. The van der Waals surface area contributed by atoms with E-state index in [1.165, 1.54) is 6.33 Å². The lowest BCUT2D eigenvalue weighted by Crippen LogP contribution is -1.99. The van der Waals surface area contributed by atoms with Gasteiger partial charge in [-0.2, -0.15) is 5.10 Å². The van der Waals surface area contributed by atoms with Gasteiger partial charge in [-0.15, -0.1) is 0 Å². The van der Waals surface area contributed by atoms with Crippen LogP contribution in [0.4, 0.5) is 0 Å². The Hall–Kier alpha value is -2.34. The van der Waals surface area contributed by atoms with Crippen molar-refractivity contribution >= 4 is 10.8 Å². The van der Waals surface area contributed by atoms with E-state index in [-0.39, 0.29) is 0 Å². The first-order valence-electron chi connectivity index (χ1n) is 6.03. The van der Waals surface area contributed by atoms with Crippen LogP contribution in [0.25, 0.3) is 11.4 Å². The molecular formula is C14H12N4OS. The Kier molecular flexibility index (Phi) is 3.39. The summed E-state index contributed by atoms with van der Waals surface area (Å²) in [5, 5.41) is 4.55. The Morgan fingerprint density at radius 3 is 2.60 bits per heavy atom. The van der Waals surface area contributed by atoms with Gasteiger partial charge < -0.3 is 0 Å². The Morgan fingerprint density at radius 1 is 1.10 bits per heavy atom. The molecular weight excluding hydrogens is 272 g/mol. The van der Waals surface area contributed by atoms with Crippen molar-refractivity contribution in [1.82, 2.24) is 19.7 Å². The van der Waals surface area contributed by atoms with Gasteiger partial charge in [0.25, 0.3) is 0 Å². The highest BCUT2D eigenvalue weighted by molar-refractivity contribution is 7.85. The molecule has 0 N–H and O–H groups in total. The third-order valence-corrected chi connectivity index (χ3v) is 4.16. The van der Waals surface area contributed by atoms with E-state index in [2.05, 4.69) is 15.1 Å². The number of aromatic nitrogens is 4. The number of hydrogen-bond donors (Lipinski definition) is 0. The van der Waals surface area contributed by atoms with E-state index >= 15 is 0 Å². The molecule has 0 aliphatic carbocycles. The standard InChI is InChI=1S/C14H12N4OS/c1-18-14(16-10-17-18)11-7-8-15-13(9-11)20(19)12-5-3-2-4-6-12/h2-10H,1H3. The zero-order chi connectivity index (χ0) is 13.9. The summed E-state index contributed by atoms with van der Waals surface area (Å²) in [6.07, 6.45) is 3.13. The molecule has 1 unspecified atom stereocenters. The lowest BCUT2D eigenvalue weighted by molar-refractivity contribution is 0.680. The number of hydrogen-bond acceptors (Lipinski definition) is 4. The van der Waals surface area contributed by atoms with Crippen LogP contribution in [-0.2, 0) is 17.8 Å². The van der Waals surface area contributed by atoms with Crippen LogP contribution in [-0.4, -0.2) is 24.0 Å². The molecule has 6 heteroatoms. The number of pyridine rings is 1. The van der Waals surface area contributed by atoms with Gasteiger partial charge in [-0.25, -0.2) is 18.9 Å². The van der Waals surface area contributed by atoms with Gasteiger partial charge in [0.1, 0.15) is 22.2 Å². The van der Waals surface area contributed by atoms with Crippen LogP contribution in [0.2, 0.25) is 0 Å². The molecule has 0 aliphatic rings. The predicted octanol–water partition coefficient (Wildman–Crippen LogP) is 2.04. The highest BCUT2D eigenvalue weighted by atomic mass is 32.2. The molecule has 0 aliphatic heterocycles. The van der Waals surface area contributed by atoms with Crippen LogP contribution in [0.3, 0.4) is 0 Å². The highest BCUT2D eigenvalue weighted by Gasteiger charge is 2.11. The molecule has 1 aromatic carbocycles. The van der Waals surface area contributed by atoms with E-state index in [1.807, 2.05) is 43.4 Å². The normalized spacial score (nSPS) is 12.2. The third-order valence-electron chi connectivity index (χ3n) is 2.85. The smallest absolute Gasteiger partial charge is 0.157 e. The Labute approximate surface area is 118 Å². The van der Waals surface area contributed by atoms with E-state index in [0.29, 0.717) is 5.03 Å². The van der Waals surface area contributed by atoms with Crippen molar-refractivity contribution in [3.8, 4) is 11.4 Å². The first kappa shape index (κ1) is 12.7. The minimum atomic E-state index is -1.29. The summed E-state index contributed by atoms with van der Waals surface area (Å²) in [5.74, 6) is 0.721. The highest BCUT2D eigenvalue weighted by Crippen LogP contribution is 2.20. The van der Waals surface area contributed by atoms with Gasteiger partial charge in [-0.3, -0.25) is 0 Å².